The Bertz CT molecular complexity index is 522. The molecular formula is C11H17N5S. The van der Waals surface area contributed by atoms with Crippen LogP contribution in [0.25, 0.3) is 10.2 Å². The minimum absolute atomic E-state index is 0.374. The van der Waals surface area contributed by atoms with Crippen molar-refractivity contribution in [3.63, 3.8) is 0 Å². The van der Waals surface area contributed by atoms with Crippen molar-refractivity contribution in [2.75, 3.05) is 10.7 Å². The minimum atomic E-state index is 0.374. The van der Waals surface area contributed by atoms with E-state index in [-0.39, 0.29) is 0 Å². The van der Waals surface area contributed by atoms with E-state index in [1.807, 2.05) is 0 Å². The molecule has 0 aromatic carbocycles. The summed E-state index contributed by atoms with van der Waals surface area (Å²) in [6.45, 7) is 6.33. The molecule has 2 aromatic heterocycles. The van der Waals surface area contributed by atoms with Crippen LogP contribution in [0.5, 0.6) is 0 Å². The highest BCUT2D eigenvalue weighted by atomic mass is 32.1. The first kappa shape index (κ1) is 12.1. The van der Waals surface area contributed by atoms with Gasteiger partial charge in [0.2, 0.25) is 5.95 Å². The molecule has 4 N–H and O–H groups in total. The van der Waals surface area contributed by atoms with Gasteiger partial charge in [-0.25, -0.2) is 10.8 Å². The highest BCUT2D eigenvalue weighted by molar-refractivity contribution is 7.18. The molecule has 1 unspecified atom stereocenters. The maximum absolute atomic E-state index is 5.38. The fraction of sp³-hybridized carbons (Fsp3) is 0.455. The number of nitrogens with one attached hydrogen (secondary N) is 2. The standard InChI is InChI=1S/C11H17N5S/c1-4-6(2)13-9-8-5-7(3)17-10(8)15-11(14-9)16-12/h5-6H,4,12H2,1-3H3,(H2,13,14,15,16). The monoisotopic (exact) mass is 251 g/mol. The Hall–Kier alpha value is -1.40. The van der Waals surface area contributed by atoms with Gasteiger partial charge >= 0.3 is 0 Å². The van der Waals surface area contributed by atoms with E-state index in [0.717, 1.165) is 22.5 Å². The average molecular weight is 251 g/mol. The van der Waals surface area contributed by atoms with Crippen LogP contribution in [-0.2, 0) is 0 Å². The Kier molecular flexibility index (Phi) is 3.44. The molecule has 2 rings (SSSR count). The third-order valence-corrected chi connectivity index (χ3v) is 3.58. The molecular weight excluding hydrogens is 234 g/mol. The SMILES string of the molecule is CCC(C)Nc1nc(NN)nc2sc(C)cc12. The van der Waals surface area contributed by atoms with Crippen molar-refractivity contribution >= 4 is 33.3 Å². The van der Waals surface area contributed by atoms with Crippen LogP contribution in [0.4, 0.5) is 11.8 Å². The van der Waals surface area contributed by atoms with Crippen LogP contribution in [0, 0.1) is 6.92 Å². The Labute approximate surface area is 104 Å². The van der Waals surface area contributed by atoms with E-state index in [1.54, 1.807) is 11.3 Å². The molecule has 0 saturated heterocycles. The van der Waals surface area contributed by atoms with Crippen LogP contribution in [0.2, 0.25) is 0 Å². The van der Waals surface area contributed by atoms with Crippen LogP contribution in [0.1, 0.15) is 25.1 Å². The van der Waals surface area contributed by atoms with Crippen molar-refractivity contribution in [1.29, 1.82) is 0 Å². The van der Waals surface area contributed by atoms with Crippen molar-refractivity contribution in [3.8, 4) is 0 Å². The molecule has 0 amide bonds. The lowest BCUT2D eigenvalue weighted by atomic mass is 10.2. The van der Waals surface area contributed by atoms with Gasteiger partial charge in [0, 0.05) is 10.9 Å². The smallest absolute Gasteiger partial charge is 0.240 e. The van der Waals surface area contributed by atoms with Gasteiger partial charge in [-0.2, -0.15) is 4.98 Å². The summed E-state index contributed by atoms with van der Waals surface area (Å²) in [4.78, 5) is 10.9. The Morgan fingerprint density at radius 2 is 2.24 bits per heavy atom. The summed E-state index contributed by atoms with van der Waals surface area (Å²) in [5.74, 6) is 6.68. The number of nitrogen functional groups attached to an aromatic ring is 1. The second kappa shape index (κ2) is 4.85. The number of aryl methyl sites for hydroxylation is 1. The molecule has 2 heterocycles. The van der Waals surface area contributed by atoms with Crippen molar-refractivity contribution in [1.82, 2.24) is 9.97 Å². The first-order valence-electron chi connectivity index (χ1n) is 5.65. The van der Waals surface area contributed by atoms with Gasteiger partial charge in [0.1, 0.15) is 10.6 Å². The fourth-order valence-electron chi connectivity index (χ4n) is 1.55. The van der Waals surface area contributed by atoms with Crippen LogP contribution < -0.4 is 16.6 Å². The maximum Gasteiger partial charge on any atom is 0.240 e. The molecule has 0 fully saturated rings. The second-order valence-corrected chi connectivity index (χ2v) is 5.30. The number of aromatic nitrogens is 2. The van der Waals surface area contributed by atoms with Crippen LogP contribution in [-0.4, -0.2) is 16.0 Å². The first-order valence-corrected chi connectivity index (χ1v) is 6.47. The molecule has 0 aliphatic heterocycles. The third kappa shape index (κ3) is 2.48. The number of nitrogens with two attached hydrogens (primary N) is 1. The summed E-state index contributed by atoms with van der Waals surface area (Å²) < 4.78 is 0. The largest absolute Gasteiger partial charge is 0.367 e. The van der Waals surface area contributed by atoms with Crippen molar-refractivity contribution in [2.45, 2.75) is 33.2 Å². The first-order chi connectivity index (χ1) is 8.13. The normalized spacial score (nSPS) is 12.7. The molecule has 0 spiro atoms. The van der Waals surface area contributed by atoms with Crippen LogP contribution in [0.15, 0.2) is 6.07 Å². The minimum Gasteiger partial charge on any atom is -0.367 e. The number of nitrogens with zero attached hydrogens (tertiary/aromatic N) is 2. The predicted octanol–water partition coefficient (Wildman–Crippen LogP) is 2.50. The molecule has 5 nitrogen and oxygen atoms in total. The lowest BCUT2D eigenvalue weighted by Crippen LogP contribution is -2.17. The third-order valence-electron chi connectivity index (χ3n) is 2.64. The number of hydrazine groups is 1. The highest BCUT2D eigenvalue weighted by Gasteiger charge is 2.11. The van der Waals surface area contributed by atoms with Gasteiger partial charge < -0.3 is 5.32 Å². The summed E-state index contributed by atoms with van der Waals surface area (Å²) in [7, 11) is 0. The number of thiophene rings is 1. The molecule has 0 radical (unpaired) electrons. The zero-order valence-corrected chi connectivity index (χ0v) is 11.1. The van der Waals surface area contributed by atoms with E-state index in [9.17, 15) is 0 Å². The summed E-state index contributed by atoms with van der Waals surface area (Å²) in [5.41, 5.74) is 2.50. The zero-order chi connectivity index (χ0) is 12.4. The van der Waals surface area contributed by atoms with E-state index >= 15 is 0 Å². The quantitative estimate of drug-likeness (QED) is 0.575. The number of rotatable bonds is 4. The Balaban J connectivity index is 2.50. The van der Waals surface area contributed by atoms with E-state index in [2.05, 4.69) is 47.5 Å². The summed E-state index contributed by atoms with van der Waals surface area (Å²) in [6, 6.07) is 2.48. The molecule has 92 valence electrons. The van der Waals surface area contributed by atoms with Gasteiger partial charge in [-0.3, -0.25) is 5.43 Å². The number of anilines is 2. The van der Waals surface area contributed by atoms with Crippen molar-refractivity contribution < 1.29 is 0 Å². The summed E-state index contributed by atoms with van der Waals surface area (Å²) >= 11 is 1.64. The lowest BCUT2D eigenvalue weighted by molar-refractivity contribution is 0.760. The second-order valence-electron chi connectivity index (χ2n) is 4.07. The number of hydrogen-bond donors (Lipinski definition) is 3. The lowest BCUT2D eigenvalue weighted by Gasteiger charge is -2.13. The Morgan fingerprint density at radius 3 is 2.88 bits per heavy atom. The van der Waals surface area contributed by atoms with Gasteiger partial charge in [0.15, 0.2) is 0 Å². The van der Waals surface area contributed by atoms with E-state index in [0.29, 0.717) is 12.0 Å². The molecule has 0 bridgehead atoms. The van der Waals surface area contributed by atoms with Gasteiger partial charge in [-0.1, -0.05) is 6.92 Å². The van der Waals surface area contributed by atoms with Gasteiger partial charge in [-0.05, 0) is 26.3 Å². The molecule has 1 atom stereocenters. The van der Waals surface area contributed by atoms with Gasteiger partial charge in [0.25, 0.3) is 0 Å². The molecule has 0 saturated carbocycles. The number of fused-ring (bicyclic) bond motifs is 1. The van der Waals surface area contributed by atoms with Gasteiger partial charge in [-0.15, -0.1) is 11.3 Å². The molecule has 2 aromatic rings. The zero-order valence-electron chi connectivity index (χ0n) is 10.2. The maximum atomic E-state index is 5.38. The van der Waals surface area contributed by atoms with E-state index in [1.165, 1.54) is 4.88 Å². The van der Waals surface area contributed by atoms with Crippen LogP contribution >= 0.6 is 11.3 Å². The fourth-order valence-corrected chi connectivity index (χ4v) is 2.43. The highest BCUT2D eigenvalue weighted by Crippen LogP contribution is 2.29. The van der Waals surface area contributed by atoms with Crippen LogP contribution in [0.3, 0.4) is 0 Å². The number of hydrogen-bond acceptors (Lipinski definition) is 6. The summed E-state index contributed by atoms with van der Waals surface area (Å²) in [5, 5.41) is 4.44. The molecule has 17 heavy (non-hydrogen) atoms. The van der Waals surface area contributed by atoms with E-state index in [4.69, 9.17) is 5.84 Å². The molecule has 6 heteroatoms. The molecule has 0 aliphatic carbocycles. The van der Waals surface area contributed by atoms with E-state index < -0.39 is 0 Å². The Morgan fingerprint density at radius 1 is 1.47 bits per heavy atom. The average Bonchev–Trinajstić information content (AvgIpc) is 2.69. The predicted molar refractivity (Wildman–Crippen MR) is 73.3 cm³/mol. The molecule has 0 aliphatic rings. The van der Waals surface area contributed by atoms with Crippen molar-refractivity contribution in [2.24, 2.45) is 5.84 Å². The van der Waals surface area contributed by atoms with Gasteiger partial charge in [0.05, 0.1) is 5.39 Å². The topological polar surface area (TPSA) is 75.9 Å². The van der Waals surface area contributed by atoms with Crippen molar-refractivity contribution in [3.05, 3.63) is 10.9 Å². The summed E-state index contributed by atoms with van der Waals surface area (Å²) in [6.07, 6.45) is 1.04.